The zero-order chi connectivity index (χ0) is 13.0. The molecule has 1 aromatic carbocycles. The van der Waals surface area contributed by atoms with Crippen molar-refractivity contribution in [2.75, 3.05) is 12.8 Å². The highest BCUT2D eigenvalue weighted by Gasteiger charge is 2.07. The fraction of sp³-hybridized carbons (Fsp3) is 0.0769. The van der Waals surface area contributed by atoms with Crippen LogP contribution in [-0.4, -0.2) is 12.1 Å². The van der Waals surface area contributed by atoms with Crippen LogP contribution in [0.2, 0.25) is 0 Å². The van der Waals surface area contributed by atoms with E-state index in [2.05, 4.69) is 4.98 Å². The highest BCUT2D eigenvalue weighted by Crippen LogP contribution is 2.32. The standard InChI is InChI=1S/C13H11N3O2/c1-17-11-3-2-10(15)7-12(11)18-13-6-9(8-14)4-5-16-13/h2-7H,15H2,1H3. The average Bonchev–Trinajstić information content (AvgIpc) is 2.39. The number of nitrogens with two attached hydrogens (primary N) is 1. The third-order valence-electron chi connectivity index (χ3n) is 2.27. The van der Waals surface area contributed by atoms with Gasteiger partial charge in [0.25, 0.3) is 0 Å². The Morgan fingerprint density at radius 1 is 1.22 bits per heavy atom. The zero-order valence-corrected chi connectivity index (χ0v) is 9.75. The molecule has 90 valence electrons. The SMILES string of the molecule is COc1ccc(N)cc1Oc1cc(C#N)ccn1. The first-order chi connectivity index (χ1) is 8.72. The number of methoxy groups -OCH3 is 1. The molecule has 0 unspecified atom stereocenters. The van der Waals surface area contributed by atoms with Gasteiger partial charge in [-0.2, -0.15) is 5.26 Å². The van der Waals surface area contributed by atoms with E-state index in [4.69, 9.17) is 20.5 Å². The molecule has 0 radical (unpaired) electrons. The van der Waals surface area contributed by atoms with E-state index in [1.807, 2.05) is 6.07 Å². The molecule has 0 aliphatic heterocycles. The van der Waals surface area contributed by atoms with Crippen LogP contribution in [0.25, 0.3) is 0 Å². The quantitative estimate of drug-likeness (QED) is 0.834. The molecule has 0 amide bonds. The normalized spacial score (nSPS) is 9.56. The summed E-state index contributed by atoms with van der Waals surface area (Å²) in [5.41, 5.74) is 6.72. The molecule has 0 atom stereocenters. The van der Waals surface area contributed by atoms with Gasteiger partial charge in [-0.05, 0) is 18.2 Å². The number of aromatic nitrogens is 1. The minimum Gasteiger partial charge on any atom is -0.493 e. The Bertz CT molecular complexity index is 605. The summed E-state index contributed by atoms with van der Waals surface area (Å²) in [6.45, 7) is 0. The number of hydrogen-bond acceptors (Lipinski definition) is 5. The van der Waals surface area contributed by atoms with Gasteiger partial charge in [-0.25, -0.2) is 4.98 Å². The van der Waals surface area contributed by atoms with Crippen LogP contribution in [0.3, 0.4) is 0 Å². The molecule has 0 fully saturated rings. The van der Waals surface area contributed by atoms with Crippen molar-refractivity contribution < 1.29 is 9.47 Å². The van der Waals surface area contributed by atoms with E-state index >= 15 is 0 Å². The molecule has 0 saturated heterocycles. The molecule has 0 saturated carbocycles. The average molecular weight is 241 g/mol. The Kier molecular flexibility index (Phi) is 3.30. The van der Waals surface area contributed by atoms with Gasteiger partial charge >= 0.3 is 0 Å². The van der Waals surface area contributed by atoms with Crippen LogP contribution in [-0.2, 0) is 0 Å². The van der Waals surface area contributed by atoms with E-state index in [-0.39, 0.29) is 0 Å². The lowest BCUT2D eigenvalue weighted by molar-refractivity contribution is 0.374. The van der Waals surface area contributed by atoms with Crippen molar-refractivity contribution in [1.82, 2.24) is 4.98 Å². The van der Waals surface area contributed by atoms with Crippen LogP contribution in [0.5, 0.6) is 17.4 Å². The van der Waals surface area contributed by atoms with Crippen molar-refractivity contribution in [1.29, 1.82) is 5.26 Å². The number of pyridine rings is 1. The molecule has 5 heteroatoms. The molecule has 5 nitrogen and oxygen atoms in total. The van der Waals surface area contributed by atoms with Crippen molar-refractivity contribution in [3.05, 3.63) is 42.1 Å². The number of hydrogen-bond donors (Lipinski definition) is 1. The second-order valence-electron chi connectivity index (χ2n) is 3.51. The number of nitriles is 1. The van der Waals surface area contributed by atoms with Gasteiger partial charge < -0.3 is 15.2 Å². The van der Waals surface area contributed by atoms with Gasteiger partial charge in [0.1, 0.15) is 0 Å². The van der Waals surface area contributed by atoms with Gasteiger partial charge in [0.15, 0.2) is 11.5 Å². The van der Waals surface area contributed by atoms with Crippen molar-refractivity contribution in [3.63, 3.8) is 0 Å². The summed E-state index contributed by atoms with van der Waals surface area (Å²) in [5.74, 6) is 1.33. The monoisotopic (exact) mass is 241 g/mol. The number of rotatable bonds is 3. The van der Waals surface area contributed by atoms with Crippen molar-refractivity contribution in [2.24, 2.45) is 0 Å². The maximum atomic E-state index is 8.79. The highest BCUT2D eigenvalue weighted by atomic mass is 16.5. The predicted molar refractivity (Wildman–Crippen MR) is 66.4 cm³/mol. The molecule has 18 heavy (non-hydrogen) atoms. The number of anilines is 1. The fourth-order valence-corrected chi connectivity index (χ4v) is 1.42. The zero-order valence-electron chi connectivity index (χ0n) is 9.75. The van der Waals surface area contributed by atoms with Crippen LogP contribution >= 0.6 is 0 Å². The molecule has 2 rings (SSSR count). The molecule has 0 bridgehead atoms. The number of nitrogen functional groups attached to an aromatic ring is 1. The van der Waals surface area contributed by atoms with E-state index in [0.717, 1.165) is 0 Å². The Morgan fingerprint density at radius 3 is 2.78 bits per heavy atom. The summed E-state index contributed by atoms with van der Waals surface area (Å²) in [6, 6.07) is 10.2. The first kappa shape index (κ1) is 11.7. The molecule has 2 N–H and O–H groups in total. The molecule has 1 aromatic heterocycles. The van der Waals surface area contributed by atoms with Crippen LogP contribution < -0.4 is 15.2 Å². The van der Waals surface area contributed by atoms with E-state index < -0.39 is 0 Å². The second kappa shape index (κ2) is 5.06. The van der Waals surface area contributed by atoms with Crippen molar-refractivity contribution in [3.8, 4) is 23.4 Å². The Labute approximate surface area is 104 Å². The maximum absolute atomic E-state index is 8.79. The largest absolute Gasteiger partial charge is 0.493 e. The predicted octanol–water partition coefficient (Wildman–Crippen LogP) is 2.34. The summed E-state index contributed by atoms with van der Waals surface area (Å²) < 4.78 is 10.7. The van der Waals surface area contributed by atoms with Crippen molar-refractivity contribution in [2.45, 2.75) is 0 Å². The molecular weight excluding hydrogens is 230 g/mol. The molecule has 1 heterocycles. The van der Waals surface area contributed by atoms with Gasteiger partial charge in [0.05, 0.1) is 18.7 Å². The number of ether oxygens (including phenoxy) is 2. The van der Waals surface area contributed by atoms with Crippen LogP contribution in [0.1, 0.15) is 5.56 Å². The molecular formula is C13H11N3O2. The molecule has 0 aliphatic carbocycles. The van der Waals surface area contributed by atoms with Gasteiger partial charge in [0.2, 0.25) is 5.88 Å². The Morgan fingerprint density at radius 2 is 2.06 bits per heavy atom. The second-order valence-corrected chi connectivity index (χ2v) is 3.51. The maximum Gasteiger partial charge on any atom is 0.220 e. The number of nitrogens with zero attached hydrogens (tertiary/aromatic N) is 2. The van der Waals surface area contributed by atoms with Crippen LogP contribution in [0, 0.1) is 11.3 Å². The van der Waals surface area contributed by atoms with Gasteiger partial charge in [0, 0.05) is 24.0 Å². The fourth-order valence-electron chi connectivity index (χ4n) is 1.42. The van der Waals surface area contributed by atoms with Crippen molar-refractivity contribution >= 4 is 5.69 Å². The lowest BCUT2D eigenvalue weighted by Gasteiger charge is -2.10. The summed E-state index contributed by atoms with van der Waals surface area (Å²) in [4.78, 5) is 4.02. The summed E-state index contributed by atoms with van der Waals surface area (Å²) in [5, 5.41) is 8.79. The lowest BCUT2D eigenvalue weighted by Crippen LogP contribution is -1.94. The van der Waals surface area contributed by atoms with E-state index in [0.29, 0.717) is 28.6 Å². The lowest BCUT2D eigenvalue weighted by atomic mass is 10.3. The Balaban J connectivity index is 2.33. The van der Waals surface area contributed by atoms with Gasteiger partial charge in [-0.1, -0.05) is 0 Å². The molecule has 0 aliphatic rings. The third-order valence-corrected chi connectivity index (χ3v) is 2.27. The van der Waals surface area contributed by atoms with E-state index in [9.17, 15) is 0 Å². The molecule has 2 aromatic rings. The summed E-state index contributed by atoms with van der Waals surface area (Å²) >= 11 is 0. The summed E-state index contributed by atoms with van der Waals surface area (Å²) in [6.07, 6.45) is 1.51. The summed E-state index contributed by atoms with van der Waals surface area (Å²) in [7, 11) is 1.54. The van der Waals surface area contributed by atoms with Crippen LogP contribution in [0.15, 0.2) is 36.5 Å². The first-order valence-electron chi connectivity index (χ1n) is 5.20. The Hall–Kier alpha value is -2.74. The van der Waals surface area contributed by atoms with E-state index in [1.165, 1.54) is 13.3 Å². The third kappa shape index (κ3) is 2.50. The number of benzene rings is 1. The highest BCUT2D eigenvalue weighted by molar-refractivity contribution is 5.53. The van der Waals surface area contributed by atoms with Gasteiger partial charge in [-0.3, -0.25) is 0 Å². The smallest absolute Gasteiger partial charge is 0.220 e. The minimum atomic E-state index is 0.318. The molecule has 0 spiro atoms. The van der Waals surface area contributed by atoms with E-state index in [1.54, 1.807) is 30.3 Å². The van der Waals surface area contributed by atoms with Gasteiger partial charge in [-0.15, -0.1) is 0 Å². The first-order valence-corrected chi connectivity index (χ1v) is 5.20. The minimum absolute atomic E-state index is 0.318. The van der Waals surface area contributed by atoms with Crippen LogP contribution in [0.4, 0.5) is 5.69 Å². The topological polar surface area (TPSA) is 81.2 Å².